The minimum atomic E-state index is -3.69. The summed E-state index contributed by atoms with van der Waals surface area (Å²) in [5, 5.41) is 2.91. The van der Waals surface area contributed by atoms with Crippen molar-refractivity contribution in [3.63, 3.8) is 0 Å². The van der Waals surface area contributed by atoms with Gasteiger partial charge < -0.3 is 5.32 Å². The van der Waals surface area contributed by atoms with Gasteiger partial charge in [0.25, 0.3) is 0 Å². The molecule has 0 fully saturated rings. The van der Waals surface area contributed by atoms with Gasteiger partial charge in [-0.2, -0.15) is 4.31 Å². The average Bonchev–Trinajstić information content (AvgIpc) is 3.09. The normalized spacial score (nSPS) is 14.8. The highest BCUT2D eigenvalue weighted by Crippen LogP contribution is 2.25. The fourth-order valence-electron chi connectivity index (χ4n) is 3.41. The molecule has 1 aliphatic carbocycles. The summed E-state index contributed by atoms with van der Waals surface area (Å²) < 4.78 is 26.3. The molecular formula is C21H26N2O3S. The highest BCUT2D eigenvalue weighted by molar-refractivity contribution is 7.89. The van der Waals surface area contributed by atoms with Crippen molar-refractivity contribution in [2.24, 2.45) is 0 Å². The van der Waals surface area contributed by atoms with E-state index in [4.69, 9.17) is 0 Å². The van der Waals surface area contributed by atoms with Crippen LogP contribution in [0.2, 0.25) is 0 Å². The van der Waals surface area contributed by atoms with Crippen LogP contribution in [0.3, 0.4) is 0 Å². The molecule has 0 bridgehead atoms. The SMILES string of the molecule is Cc1ccc(S(=O)(=O)N(C)CC(=O)NC(C)c2ccc3c(c2)CCC3)cc1. The smallest absolute Gasteiger partial charge is 0.243 e. The fraction of sp³-hybridized carbons (Fsp3) is 0.381. The molecule has 0 saturated heterocycles. The third-order valence-electron chi connectivity index (χ3n) is 5.10. The molecule has 1 N–H and O–H groups in total. The van der Waals surface area contributed by atoms with E-state index in [0.717, 1.165) is 28.3 Å². The van der Waals surface area contributed by atoms with Crippen molar-refractivity contribution in [1.29, 1.82) is 0 Å². The first-order valence-corrected chi connectivity index (χ1v) is 10.7. The van der Waals surface area contributed by atoms with Gasteiger partial charge in [-0.15, -0.1) is 0 Å². The van der Waals surface area contributed by atoms with Crippen molar-refractivity contribution in [1.82, 2.24) is 9.62 Å². The number of nitrogens with zero attached hydrogens (tertiary/aromatic N) is 1. The van der Waals surface area contributed by atoms with Crippen LogP contribution in [0.5, 0.6) is 0 Å². The first kappa shape index (κ1) is 19.6. The summed E-state index contributed by atoms with van der Waals surface area (Å²) in [7, 11) is -2.26. The minimum absolute atomic E-state index is 0.168. The lowest BCUT2D eigenvalue weighted by atomic mass is 10.0. The Morgan fingerprint density at radius 2 is 1.78 bits per heavy atom. The number of carbonyl (C=O) groups is 1. The highest BCUT2D eigenvalue weighted by atomic mass is 32.2. The van der Waals surface area contributed by atoms with Crippen molar-refractivity contribution < 1.29 is 13.2 Å². The molecule has 0 radical (unpaired) electrons. The van der Waals surface area contributed by atoms with Crippen LogP contribution >= 0.6 is 0 Å². The van der Waals surface area contributed by atoms with Crippen LogP contribution in [-0.2, 0) is 27.7 Å². The Labute approximate surface area is 161 Å². The number of hydrogen-bond acceptors (Lipinski definition) is 3. The molecule has 5 nitrogen and oxygen atoms in total. The van der Waals surface area contributed by atoms with Gasteiger partial charge in [0.1, 0.15) is 0 Å². The highest BCUT2D eigenvalue weighted by Gasteiger charge is 2.23. The van der Waals surface area contributed by atoms with Crippen LogP contribution in [0.25, 0.3) is 0 Å². The van der Waals surface area contributed by atoms with E-state index in [1.54, 1.807) is 24.3 Å². The first-order valence-electron chi connectivity index (χ1n) is 9.21. The van der Waals surface area contributed by atoms with E-state index >= 15 is 0 Å². The summed E-state index contributed by atoms with van der Waals surface area (Å²) in [4.78, 5) is 12.6. The predicted molar refractivity (Wildman–Crippen MR) is 106 cm³/mol. The van der Waals surface area contributed by atoms with Crippen LogP contribution in [0.1, 0.15) is 41.6 Å². The van der Waals surface area contributed by atoms with Crippen LogP contribution < -0.4 is 5.32 Å². The van der Waals surface area contributed by atoms with Gasteiger partial charge in [-0.1, -0.05) is 35.9 Å². The number of hydrogen-bond donors (Lipinski definition) is 1. The molecule has 0 spiro atoms. The molecule has 3 rings (SSSR count). The van der Waals surface area contributed by atoms with Crippen molar-refractivity contribution >= 4 is 15.9 Å². The zero-order valence-corrected chi connectivity index (χ0v) is 16.8. The molecular weight excluding hydrogens is 360 g/mol. The lowest BCUT2D eigenvalue weighted by molar-refractivity contribution is -0.121. The van der Waals surface area contributed by atoms with E-state index < -0.39 is 10.0 Å². The first-order chi connectivity index (χ1) is 12.8. The molecule has 6 heteroatoms. The molecule has 27 heavy (non-hydrogen) atoms. The van der Waals surface area contributed by atoms with Gasteiger partial charge in [-0.05, 0) is 61.9 Å². The predicted octanol–water partition coefficient (Wildman–Crippen LogP) is 2.98. The summed E-state index contributed by atoms with van der Waals surface area (Å²) in [5.41, 5.74) is 4.78. The van der Waals surface area contributed by atoms with E-state index in [1.165, 1.54) is 24.6 Å². The molecule has 2 aromatic carbocycles. The Kier molecular flexibility index (Phi) is 5.67. The maximum Gasteiger partial charge on any atom is 0.243 e. The van der Waals surface area contributed by atoms with Crippen molar-refractivity contribution in [3.8, 4) is 0 Å². The fourth-order valence-corrected chi connectivity index (χ4v) is 4.54. The summed E-state index contributed by atoms with van der Waals surface area (Å²) >= 11 is 0. The van der Waals surface area contributed by atoms with Gasteiger partial charge in [0.15, 0.2) is 0 Å². The van der Waals surface area contributed by atoms with E-state index in [2.05, 4.69) is 17.4 Å². The Morgan fingerprint density at radius 3 is 2.48 bits per heavy atom. The molecule has 0 saturated carbocycles. The third-order valence-corrected chi connectivity index (χ3v) is 6.91. The van der Waals surface area contributed by atoms with Crippen LogP contribution in [0.15, 0.2) is 47.4 Å². The average molecular weight is 387 g/mol. The second-order valence-corrected chi connectivity index (χ2v) is 9.29. The Hall–Kier alpha value is -2.18. The Morgan fingerprint density at radius 1 is 1.11 bits per heavy atom. The quantitative estimate of drug-likeness (QED) is 0.830. The number of carbonyl (C=O) groups excluding carboxylic acids is 1. The van der Waals surface area contributed by atoms with Gasteiger partial charge in [0.2, 0.25) is 15.9 Å². The molecule has 1 aliphatic rings. The van der Waals surface area contributed by atoms with Crippen LogP contribution in [-0.4, -0.2) is 32.2 Å². The maximum absolute atomic E-state index is 12.6. The summed E-state index contributed by atoms with van der Waals surface area (Å²) in [6.45, 7) is 3.60. The van der Waals surface area contributed by atoms with Crippen LogP contribution in [0, 0.1) is 6.92 Å². The number of benzene rings is 2. The lowest BCUT2D eigenvalue weighted by Crippen LogP contribution is -2.39. The van der Waals surface area contributed by atoms with E-state index in [-0.39, 0.29) is 23.4 Å². The van der Waals surface area contributed by atoms with Gasteiger partial charge in [0.05, 0.1) is 17.5 Å². The number of nitrogens with one attached hydrogen (secondary N) is 1. The number of fused-ring (bicyclic) bond motifs is 1. The second-order valence-electron chi connectivity index (χ2n) is 7.25. The van der Waals surface area contributed by atoms with E-state index in [9.17, 15) is 13.2 Å². The minimum Gasteiger partial charge on any atom is -0.348 e. The second kappa shape index (κ2) is 7.82. The Bertz CT molecular complexity index is 936. The summed E-state index contributed by atoms with van der Waals surface area (Å²) in [6, 6.07) is 12.8. The van der Waals surface area contributed by atoms with Gasteiger partial charge >= 0.3 is 0 Å². The molecule has 0 aliphatic heterocycles. The largest absolute Gasteiger partial charge is 0.348 e. The van der Waals surface area contributed by atoms with Gasteiger partial charge in [-0.3, -0.25) is 4.79 Å². The summed E-state index contributed by atoms with van der Waals surface area (Å²) in [6.07, 6.45) is 3.39. The van der Waals surface area contributed by atoms with E-state index in [1.807, 2.05) is 19.9 Å². The van der Waals surface area contributed by atoms with Gasteiger partial charge in [-0.25, -0.2) is 8.42 Å². The zero-order chi connectivity index (χ0) is 19.6. The summed E-state index contributed by atoms with van der Waals surface area (Å²) in [5.74, 6) is -0.318. The van der Waals surface area contributed by atoms with Gasteiger partial charge in [0, 0.05) is 7.05 Å². The molecule has 1 amide bonds. The molecule has 1 atom stereocenters. The monoisotopic (exact) mass is 386 g/mol. The maximum atomic E-state index is 12.6. The lowest BCUT2D eigenvalue weighted by Gasteiger charge is -2.20. The standard InChI is InChI=1S/C21H26N2O3S/c1-15-7-11-20(12-8-15)27(25,26)23(3)14-21(24)22-16(2)18-10-9-17-5-4-6-19(17)13-18/h7-13,16H,4-6,14H2,1-3H3,(H,22,24). The zero-order valence-electron chi connectivity index (χ0n) is 16.0. The number of amides is 1. The molecule has 144 valence electrons. The van der Waals surface area contributed by atoms with E-state index in [0.29, 0.717) is 0 Å². The molecule has 0 aromatic heterocycles. The topological polar surface area (TPSA) is 66.5 Å². The third kappa shape index (κ3) is 4.39. The van der Waals surface area contributed by atoms with Crippen molar-refractivity contribution in [3.05, 3.63) is 64.7 Å². The van der Waals surface area contributed by atoms with Crippen LogP contribution in [0.4, 0.5) is 0 Å². The molecule has 1 unspecified atom stereocenters. The molecule has 2 aromatic rings. The van der Waals surface area contributed by atoms with Crippen molar-refractivity contribution in [2.75, 3.05) is 13.6 Å². The number of sulfonamides is 1. The van der Waals surface area contributed by atoms with Crippen molar-refractivity contribution in [2.45, 2.75) is 44.0 Å². The number of aryl methyl sites for hydroxylation is 3. The Balaban J connectivity index is 1.63. The molecule has 0 heterocycles. The number of likely N-dealkylation sites (N-methyl/N-ethyl adjacent to an activating group) is 1. The number of rotatable bonds is 6.